The standard InChI is InChI=1S/C13H17BrClNO/c1-4-13(3,8-15)16-12(17)10-6-5-9(2)7-11(10)14/h5-7H,4,8H2,1-3H3,(H,16,17). The topological polar surface area (TPSA) is 29.1 Å². The fraction of sp³-hybridized carbons (Fsp3) is 0.462. The summed E-state index contributed by atoms with van der Waals surface area (Å²) in [5, 5.41) is 2.97. The first-order chi connectivity index (χ1) is 7.91. The lowest BCUT2D eigenvalue weighted by Gasteiger charge is -2.27. The highest BCUT2D eigenvalue weighted by Gasteiger charge is 2.24. The molecular formula is C13H17BrClNO. The number of halogens is 2. The van der Waals surface area contributed by atoms with Crippen LogP contribution in [0.4, 0.5) is 0 Å². The normalized spacial score (nSPS) is 14.2. The Labute approximate surface area is 116 Å². The van der Waals surface area contributed by atoms with Crippen LogP contribution in [0.1, 0.15) is 36.2 Å². The Balaban J connectivity index is 2.90. The van der Waals surface area contributed by atoms with Gasteiger partial charge in [-0.25, -0.2) is 0 Å². The van der Waals surface area contributed by atoms with Gasteiger partial charge in [0.2, 0.25) is 0 Å². The van der Waals surface area contributed by atoms with Crippen LogP contribution in [-0.4, -0.2) is 17.3 Å². The maximum Gasteiger partial charge on any atom is 0.252 e. The first-order valence-electron chi connectivity index (χ1n) is 5.56. The predicted molar refractivity (Wildman–Crippen MR) is 75.8 cm³/mol. The highest BCUT2D eigenvalue weighted by molar-refractivity contribution is 9.10. The SMILES string of the molecule is CCC(C)(CCl)NC(=O)c1ccc(C)cc1Br. The van der Waals surface area contributed by atoms with Crippen LogP contribution >= 0.6 is 27.5 Å². The van der Waals surface area contributed by atoms with E-state index >= 15 is 0 Å². The summed E-state index contributed by atoms with van der Waals surface area (Å²) in [5.74, 6) is 0.306. The Hall–Kier alpha value is -0.540. The van der Waals surface area contributed by atoms with E-state index in [4.69, 9.17) is 11.6 Å². The van der Waals surface area contributed by atoms with Gasteiger partial charge in [0.15, 0.2) is 0 Å². The number of carbonyl (C=O) groups excluding carboxylic acids is 1. The summed E-state index contributed by atoms with van der Waals surface area (Å²) >= 11 is 9.28. The third-order valence-electron chi connectivity index (χ3n) is 2.86. The largest absolute Gasteiger partial charge is 0.346 e. The predicted octanol–water partition coefficient (Wildman–Crippen LogP) is 3.89. The zero-order valence-electron chi connectivity index (χ0n) is 10.3. The van der Waals surface area contributed by atoms with Crippen molar-refractivity contribution < 1.29 is 4.79 Å². The van der Waals surface area contributed by atoms with Crippen molar-refractivity contribution in [2.24, 2.45) is 0 Å². The molecule has 1 rings (SSSR count). The maximum atomic E-state index is 12.1. The quantitative estimate of drug-likeness (QED) is 0.838. The number of hydrogen-bond acceptors (Lipinski definition) is 1. The number of hydrogen-bond donors (Lipinski definition) is 1. The van der Waals surface area contributed by atoms with Crippen LogP contribution in [0.15, 0.2) is 22.7 Å². The Morgan fingerprint density at radius 1 is 1.53 bits per heavy atom. The third-order valence-corrected chi connectivity index (χ3v) is 4.11. The highest BCUT2D eigenvalue weighted by Crippen LogP contribution is 2.20. The minimum atomic E-state index is -0.358. The zero-order valence-corrected chi connectivity index (χ0v) is 12.7. The summed E-state index contributed by atoms with van der Waals surface area (Å²) in [7, 11) is 0. The molecule has 4 heteroatoms. The van der Waals surface area contributed by atoms with Crippen molar-refractivity contribution in [3.8, 4) is 0 Å². The molecule has 0 heterocycles. The molecule has 1 unspecified atom stereocenters. The van der Waals surface area contributed by atoms with Crippen molar-refractivity contribution >= 4 is 33.4 Å². The van der Waals surface area contributed by atoms with E-state index in [9.17, 15) is 4.79 Å². The van der Waals surface area contributed by atoms with E-state index in [1.807, 2.05) is 39.0 Å². The molecule has 0 aliphatic rings. The van der Waals surface area contributed by atoms with Gasteiger partial charge in [0.1, 0.15) is 0 Å². The summed E-state index contributed by atoms with van der Waals surface area (Å²) in [6, 6.07) is 5.67. The minimum absolute atomic E-state index is 0.0955. The van der Waals surface area contributed by atoms with E-state index in [0.717, 1.165) is 16.5 Å². The van der Waals surface area contributed by atoms with Gasteiger partial charge in [-0.3, -0.25) is 4.79 Å². The second-order valence-electron chi connectivity index (χ2n) is 4.49. The molecule has 0 fully saturated rings. The maximum absolute atomic E-state index is 12.1. The van der Waals surface area contributed by atoms with Crippen molar-refractivity contribution in [3.63, 3.8) is 0 Å². The first-order valence-corrected chi connectivity index (χ1v) is 6.89. The molecule has 1 amide bonds. The molecular weight excluding hydrogens is 302 g/mol. The summed E-state index contributed by atoms with van der Waals surface area (Å²) in [6.07, 6.45) is 0.797. The van der Waals surface area contributed by atoms with E-state index in [-0.39, 0.29) is 11.4 Å². The second kappa shape index (κ2) is 5.87. The fourth-order valence-corrected chi connectivity index (χ4v) is 2.29. The number of benzene rings is 1. The van der Waals surface area contributed by atoms with E-state index in [1.165, 1.54) is 0 Å². The molecule has 0 aromatic heterocycles. The van der Waals surface area contributed by atoms with Crippen molar-refractivity contribution in [1.82, 2.24) is 5.32 Å². The molecule has 0 saturated carbocycles. The smallest absolute Gasteiger partial charge is 0.252 e. The molecule has 0 aliphatic carbocycles. The lowest BCUT2D eigenvalue weighted by molar-refractivity contribution is 0.0911. The third kappa shape index (κ3) is 3.71. The van der Waals surface area contributed by atoms with Crippen LogP contribution in [0.2, 0.25) is 0 Å². The summed E-state index contributed by atoms with van der Waals surface area (Å²) in [4.78, 5) is 12.1. The Morgan fingerprint density at radius 2 is 2.18 bits per heavy atom. The fourth-order valence-electron chi connectivity index (χ4n) is 1.36. The zero-order chi connectivity index (χ0) is 13.1. The second-order valence-corrected chi connectivity index (χ2v) is 5.61. The van der Waals surface area contributed by atoms with E-state index < -0.39 is 0 Å². The summed E-state index contributed by atoms with van der Waals surface area (Å²) in [5.41, 5.74) is 1.40. The van der Waals surface area contributed by atoms with Crippen molar-refractivity contribution in [2.45, 2.75) is 32.7 Å². The molecule has 0 bridgehead atoms. The molecule has 1 aromatic carbocycles. The van der Waals surface area contributed by atoms with Gasteiger partial charge >= 0.3 is 0 Å². The average molecular weight is 319 g/mol. The van der Waals surface area contributed by atoms with Gasteiger partial charge < -0.3 is 5.32 Å². The van der Waals surface area contributed by atoms with Crippen molar-refractivity contribution in [2.75, 3.05) is 5.88 Å². The molecule has 1 aromatic rings. The lowest BCUT2D eigenvalue weighted by Crippen LogP contribution is -2.47. The highest BCUT2D eigenvalue weighted by atomic mass is 79.9. The number of nitrogens with one attached hydrogen (secondary N) is 1. The van der Waals surface area contributed by atoms with Crippen LogP contribution in [0.5, 0.6) is 0 Å². The number of amides is 1. The molecule has 0 radical (unpaired) electrons. The molecule has 0 saturated heterocycles. The summed E-state index contributed by atoms with van der Waals surface area (Å²) < 4.78 is 0.808. The minimum Gasteiger partial charge on any atom is -0.346 e. The van der Waals surface area contributed by atoms with Crippen LogP contribution < -0.4 is 5.32 Å². The Bertz CT molecular complexity index is 416. The van der Waals surface area contributed by atoms with Crippen LogP contribution in [0, 0.1) is 6.92 Å². The first kappa shape index (κ1) is 14.5. The van der Waals surface area contributed by atoms with Gasteiger partial charge in [0.25, 0.3) is 5.91 Å². The molecule has 94 valence electrons. The molecule has 0 aliphatic heterocycles. The van der Waals surface area contributed by atoms with E-state index in [0.29, 0.717) is 11.4 Å². The van der Waals surface area contributed by atoms with Gasteiger partial charge in [0.05, 0.1) is 11.1 Å². The molecule has 2 nitrogen and oxygen atoms in total. The van der Waals surface area contributed by atoms with Crippen molar-refractivity contribution in [3.05, 3.63) is 33.8 Å². The van der Waals surface area contributed by atoms with E-state index in [1.54, 1.807) is 0 Å². The average Bonchev–Trinajstić information content (AvgIpc) is 2.28. The number of carbonyl (C=O) groups is 1. The van der Waals surface area contributed by atoms with Gasteiger partial charge in [-0.2, -0.15) is 0 Å². The van der Waals surface area contributed by atoms with Gasteiger partial charge in [-0.15, -0.1) is 11.6 Å². The molecule has 1 atom stereocenters. The number of alkyl halides is 1. The Morgan fingerprint density at radius 3 is 2.65 bits per heavy atom. The molecule has 1 N–H and O–H groups in total. The molecule has 17 heavy (non-hydrogen) atoms. The number of rotatable bonds is 4. The lowest BCUT2D eigenvalue weighted by atomic mass is 10.0. The van der Waals surface area contributed by atoms with Gasteiger partial charge in [-0.1, -0.05) is 13.0 Å². The van der Waals surface area contributed by atoms with Crippen LogP contribution in [0.3, 0.4) is 0 Å². The van der Waals surface area contributed by atoms with Crippen LogP contribution in [0.25, 0.3) is 0 Å². The van der Waals surface area contributed by atoms with Gasteiger partial charge in [-0.05, 0) is 53.9 Å². The van der Waals surface area contributed by atoms with Crippen molar-refractivity contribution in [1.29, 1.82) is 0 Å². The molecule has 0 spiro atoms. The van der Waals surface area contributed by atoms with Gasteiger partial charge in [0, 0.05) is 10.4 Å². The van der Waals surface area contributed by atoms with Crippen LogP contribution in [-0.2, 0) is 0 Å². The monoisotopic (exact) mass is 317 g/mol. The summed E-state index contributed by atoms with van der Waals surface area (Å²) in [6.45, 7) is 5.94. The van der Waals surface area contributed by atoms with E-state index in [2.05, 4.69) is 21.2 Å². The Kier molecular flexibility index (Phi) is 5.02. The number of aryl methyl sites for hydroxylation is 1.